The Hall–Kier alpha value is -1.60. The molecule has 122 valence electrons. The van der Waals surface area contributed by atoms with Crippen LogP contribution in [0.3, 0.4) is 0 Å². The lowest BCUT2D eigenvalue weighted by Crippen LogP contribution is -2.37. The highest BCUT2D eigenvalue weighted by Gasteiger charge is 2.24. The van der Waals surface area contributed by atoms with E-state index in [0.717, 1.165) is 11.3 Å². The number of halogens is 1. The van der Waals surface area contributed by atoms with E-state index in [4.69, 9.17) is 4.42 Å². The van der Waals surface area contributed by atoms with Gasteiger partial charge in [0, 0.05) is 31.1 Å². The Morgan fingerprint density at radius 3 is 2.61 bits per heavy atom. The lowest BCUT2D eigenvalue weighted by Gasteiger charge is -2.21. The van der Waals surface area contributed by atoms with Crippen molar-refractivity contribution >= 4 is 39.1 Å². The molecule has 0 bridgehead atoms. The highest BCUT2D eigenvalue weighted by Crippen LogP contribution is 2.17. The SMILES string of the molecule is O=C(Cc1cccs1)N1CCCN(C(=O)c2ccc(Br)o2)CC1. The molecule has 2 aromatic heterocycles. The van der Waals surface area contributed by atoms with Crippen LogP contribution in [0.1, 0.15) is 21.9 Å². The highest BCUT2D eigenvalue weighted by atomic mass is 79.9. The zero-order valence-electron chi connectivity index (χ0n) is 12.5. The lowest BCUT2D eigenvalue weighted by molar-refractivity contribution is -0.130. The van der Waals surface area contributed by atoms with Gasteiger partial charge >= 0.3 is 0 Å². The van der Waals surface area contributed by atoms with Crippen molar-refractivity contribution in [3.05, 3.63) is 45.0 Å². The Morgan fingerprint density at radius 1 is 1.13 bits per heavy atom. The Balaban J connectivity index is 1.58. The third-order valence-electron chi connectivity index (χ3n) is 3.83. The van der Waals surface area contributed by atoms with Gasteiger partial charge in [0.05, 0.1) is 6.42 Å². The summed E-state index contributed by atoms with van der Waals surface area (Å²) in [7, 11) is 0. The molecule has 7 heteroatoms. The molecule has 2 amide bonds. The fourth-order valence-electron chi connectivity index (χ4n) is 2.63. The normalized spacial score (nSPS) is 15.5. The lowest BCUT2D eigenvalue weighted by atomic mass is 10.3. The number of rotatable bonds is 3. The summed E-state index contributed by atoms with van der Waals surface area (Å²) >= 11 is 4.80. The van der Waals surface area contributed by atoms with Crippen LogP contribution >= 0.6 is 27.3 Å². The molecule has 3 rings (SSSR count). The van der Waals surface area contributed by atoms with Gasteiger partial charge < -0.3 is 14.2 Å². The first-order chi connectivity index (χ1) is 11.1. The summed E-state index contributed by atoms with van der Waals surface area (Å²) in [6.45, 7) is 2.43. The van der Waals surface area contributed by atoms with Gasteiger partial charge in [0.25, 0.3) is 5.91 Å². The van der Waals surface area contributed by atoms with Crippen molar-refractivity contribution < 1.29 is 14.0 Å². The van der Waals surface area contributed by atoms with Gasteiger partial charge in [-0.2, -0.15) is 0 Å². The van der Waals surface area contributed by atoms with Crippen LogP contribution < -0.4 is 0 Å². The minimum absolute atomic E-state index is 0.122. The number of carbonyl (C=O) groups excluding carboxylic acids is 2. The first-order valence-electron chi connectivity index (χ1n) is 7.48. The summed E-state index contributed by atoms with van der Waals surface area (Å²) in [5.74, 6) is 0.334. The summed E-state index contributed by atoms with van der Waals surface area (Å²) in [5, 5.41) is 1.98. The summed E-state index contributed by atoms with van der Waals surface area (Å²) < 4.78 is 5.87. The predicted molar refractivity (Wildman–Crippen MR) is 91.5 cm³/mol. The molecule has 0 atom stereocenters. The van der Waals surface area contributed by atoms with Gasteiger partial charge in [-0.25, -0.2) is 0 Å². The molecule has 23 heavy (non-hydrogen) atoms. The van der Waals surface area contributed by atoms with E-state index in [1.54, 1.807) is 28.4 Å². The van der Waals surface area contributed by atoms with Crippen LogP contribution in [0.15, 0.2) is 38.7 Å². The van der Waals surface area contributed by atoms with Crippen LogP contribution in [0.25, 0.3) is 0 Å². The molecule has 2 aromatic rings. The third kappa shape index (κ3) is 4.03. The second kappa shape index (κ2) is 7.31. The molecule has 0 N–H and O–H groups in total. The number of furan rings is 1. The van der Waals surface area contributed by atoms with E-state index in [1.165, 1.54) is 0 Å². The number of hydrogen-bond acceptors (Lipinski definition) is 4. The zero-order valence-corrected chi connectivity index (χ0v) is 14.9. The van der Waals surface area contributed by atoms with Crippen LogP contribution in [0.4, 0.5) is 0 Å². The molecule has 1 aliphatic rings. The van der Waals surface area contributed by atoms with Crippen molar-refractivity contribution in [1.29, 1.82) is 0 Å². The molecule has 3 heterocycles. The van der Waals surface area contributed by atoms with Crippen molar-refractivity contribution in [2.75, 3.05) is 26.2 Å². The van der Waals surface area contributed by atoms with Gasteiger partial charge in [-0.1, -0.05) is 6.07 Å². The molecule has 0 aromatic carbocycles. The van der Waals surface area contributed by atoms with Crippen molar-refractivity contribution in [2.45, 2.75) is 12.8 Å². The smallest absolute Gasteiger partial charge is 0.289 e. The van der Waals surface area contributed by atoms with E-state index < -0.39 is 0 Å². The van der Waals surface area contributed by atoms with Gasteiger partial charge in [-0.05, 0) is 45.9 Å². The van der Waals surface area contributed by atoms with E-state index in [1.807, 2.05) is 22.4 Å². The number of amides is 2. The summed E-state index contributed by atoms with van der Waals surface area (Å²) in [5.41, 5.74) is 0. The van der Waals surface area contributed by atoms with Crippen molar-refractivity contribution in [2.24, 2.45) is 0 Å². The second-order valence-electron chi connectivity index (χ2n) is 5.39. The molecule has 0 saturated carbocycles. The Morgan fingerprint density at radius 2 is 1.91 bits per heavy atom. The molecule has 1 fully saturated rings. The zero-order chi connectivity index (χ0) is 16.2. The summed E-state index contributed by atoms with van der Waals surface area (Å²) in [6, 6.07) is 7.31. The van der Waals surface area contributed by atoms with E-state index in [0.29, 0.717) is 43.0 Å². The minimum atomic E-state index is -0.122. The molecular weight excluding hydrogens is 380 g/mol. The van der Waals surface area contributed by atoms with Gasteiger partial charge in [-0.15, -0.1) is 11.3 Å². The monoisotopic (exact) mass is 396 g/mol. The van der Waals surface area contributed by atoms with Gasteiger partial charge in [0.15, 0.2) is 10.4 Å². The van der Waals surface area contributed by atoms with Crippen molar-refractivity contribution in [3.63, 3.8) is 0 Å². The predicted octanol–water partition coefficient (Wildman–Crippen LogP) is 3.02. The molecule has 0 aliphatic carbocycles. The van der Waals surface area contributed by atoms with Gasteiger partial charge in [0.1, 0.15) is 0 Å². The van der Waals surface area contributed by atoms with Crippen LogP contribution in [0, 0.1) is 0 Å². The standard InChI is InChI=1S/C16H17BrN2O3S/c17-14-5-4-13(22-14)16(21)19-7-2-6-18(8-9-19)15(20)11-12-3-1-10-23-12/h1,3-5,10H,2,6-9,11H2. The van der Waals surface area contributed by atoms with E-state index in [2.05, 4.69) is 15.9 Å². The Bertz CT molecular complexity index is 683. The molecule has 0 unspecified atom stereocenters. The molecule has 5 nitrogen and oxygen atoms in total. The maximum Gasteiger partial charge on any atom is 0.289 e. The minimum Gasteiger partial charge on any atom is -0.444 e. The molecule has 0 radical (unpaired) electrons. The average Bonchev–Trinajstić information content (AvgIpc) is 3.12. The maximum absolute atomic E-state index is 12.4. The molecule has 0 spiro atoms. The number of hydrogen-bond donors (Lipinski definition) is 0. The van der Waals surface area contributed by atoms with Crippen molar-refractivity contribution in [3.8, 4) is 0 Å². The largest absolute Gasteiger partial charge is 0.444 e. The fourth-order valence-corrected chi connectivity index (χ4v) is 3.63. The first kappa shape index (κ1) is 16.3. The number of carbonyl (C=O) groups is 2. The molecular formula is C16H17BrN2O3S. The Labute approximate surface area is 147 Å². The molecule has 1 aliphatic heterocycles. The van der Waals surface area contributed by atoms with Crippen LogP contribution in [-0.2, 0) is 11.2 Å². The third-order valence-corrected chi connectivity index (χ3v) is 5.13. The van der Waals surface area contributed by atoms with Crippen molar-refractivity contribution in [1.82, 2.24) is 9.80 Å². The highest BCUT2D eigenvalue weighted by molar-refractivity contribution is 9.10. The summed E-state index contributed by atoms with van der Waals surface area (Å²) in [4.78, 5) is 29.5. The Kier molecular flexibility index (Phi) is 5.17. The molecule has 1 saturated heterocycles. The first-order valence-corrected chi connectivity index (χ1v) is 9.15. The van der Waals surface area contributed by atoms with Crippen LogP contribution in [0.5, 0.6) is 0 Å². The van der Waals surface area contributed by atoms with Gasteiger partial charge in [0.2, 0.25) is 5.91 Å². The number of thiophene rings is 1. The van der Waals surface area contributed by atoms with Crippen LogP contribution in [0.2, 0.25) is 0 Å². The van der Waals surface area contributed by atoms with E-state index in [9.17, 15) is 9.59 Å². The average molecular weight is 397 g/mol. The summed E-state index contributed by atoms with van der Waals surface area (Å²) in [6.07, 6.45) is 1.22. The fraction of sp³-hybridized carbons (Fsp3) is 0.375. The quantitative estimate of drug-likeness (QED) is 0.800. The van der Waals surface area contributed by atoms with Crippen LogP contribution in [-0.4, -0.2) is 47.8 Å². The van der Waals surface area contributed by atoms with E-state index >= 15 is 0 Å². The topological polar surface area (TPSA) is 53.8 Å². The second-order valence-corrected chi connectivity index (χ2v) is 7.20. The maximum atomic E-state index is 12.4. The van der Waals surface area contributed by atoms with Gasteiger partial charge in [-0.3, -0.25) is 9.59 Å². The van der Waals surface area contributed by atoms with E-state index in [-0.39, 0.29) is 11.8 Å². The number of nitrogens with zero attached hydrogens (tertiary/aromatic N) is 2.